The Labute approximate surface area is 139 Å². The molecule has 0 bridgehead atoms. The van der Waals surface area contributed by atoms with E-state index < -0.39 is 16.0 Å². The summed E-state index contributed by atoms with van der Waals surface area (Å²) in [6, 6.07) is 4.67. The van der Waals surface area contributed by atoms with Gasteiger partial charge in [-0.15, -0.1) is 10.2 Å². The Balaban J connectivity index is 1.77. The Morgan fingerprint density at radius 2 is 2.17 bits per heavy atom. The van der Waals surface area contributed by atoms with Crippen molar-refractivity contribution in [2.75, 3.05) is 10.6 Å². The van der Waals surface area contributed by atoms with Crippen LogP contribution in [0.25, 0.3) is 0 Å². The van der Waals surface area contributed by atoms with E-state index in [4.69, 9.17) is 9.15 Å². The van der Waals surface area contributed by atoms with E-state index in [1.165, 1.54) is 10.6 Å². The van der Waals surface area contributed by atoms with Gasteiger partial charge in [0.1, 0.15) is 0 Å². The fourth-order valence-electron chi connectivity index (χ4n) is 2.84. The van der Waals surface area contributed by atoms with Crippen molar-refractivity contribution in [3.05, 3.63) is 41.1 Å². The lowest BCUT2D eigenvalue weighted by Crippen LogP contribution is -2.34. The molecule has 0 amide bonds. The number of hydrogen-bond acceptors (Lipinski definition) is 7. The van der Waals surface area contributed by atoms with Crippen LogP contribution in [0.15, 0.2) is 22.6 Å². The standard InChI is InChI=1S/C15H17N3O5S/c1-9-6-12-7-11(4-5-13(12)18(9)24(3,20)21)15(19)22-8-14-17-16-10(2)23-14/h4-5,7,9H,6,8H2,1-3H3. The van der Waals surface area contributed by atoms with Gasteiger partial charge < -0.3 is 9.15 Å². The number of ether oxygens (including phenoxy) is 1. The number of sulfonamides is 1. The molecule has 1 unspecified atom stereocenters. The fraction of sp³-hybridized carbons (Fsp3) is 0.400. The molecular weight excluding hydrogens is 334 g/mol. The Morgan fingerprint density at radius 1 is 1.42 bits per heavy atom. The second-order valence-corrected chi connectivity index (χ2v) is 7.61. The molecule has 0 radical (unpaired) electrons. The van der Waals surface area contributed by atoms with Crippen molar-refractivity contribution in [1.82, 2.24) is 10.2 Å². The highest BCUT2D eigenvalue weighted by Gasteiger charge is 2.32. The smallest absolute Gasteiger partial charge is 0.338 e. The number of benzene rings is 1. The van der Waals surface area contributed by atoms with E-state index in [2.05, 4.69) is 10.2 Å². The van der Waals surface area contributed by atoms with Gasteiger partial charge in [-0.2, -0.15) is 0 Å². The van der Waals surface area contributed by atoms with Gasteiger partial charge in [-0.3, -0.25) is 4.31 Å². The quantitative estimate of drug-likeness (QED) is 0.768. The van der Waals surface area contributed by atoms with Crippen molar-refractivity contribution >= 4 is 21.7 Å². The molecule has 0 N–H and O–H groups in total. The van der Waals surface area contributed by atoms with E-state index in [1.807, 2.05) is 6.92 Å². The number of carbonyl (C=O) groups excluding carboxylic acids is 1. The van der Waals surface area contributed by atoms with E-state index in [1.54, 1.807) is 25.1 Å². The summed E-state index contributed by atoms with van der Waals surface area (Å²) in [5.74, 6) is 0.0893. The molecule has 0 saturated heterocycles. The SMILES string of the molecule is Cc1nnc(COC(=O)c2ccc3c(c2)CC(C)N3S(C)(=O)=O)o1. The number of esters is 1. The lowest BCUT2D eigenvalue weighted by molar-refractivity contribution is 0.0436. The Bertz CT molecular complexity index is 890. The summed E-state index contributed by atoms with van der Waals surface area (Å²) in [5, 5.41) is 7.40. The molecule has 128 valence electrons. The first-order valence-electron chi connectivity index (χ1n) is 7.34. The molecule has 2 aromatic rings. The predicted octanol–water partition coefficient (Wildman–Crippen LogP) is 1.45. The van der Waals surface area contributed by atoms with Crippen molar-refractivity contribution in [1.29, 1.82) is 0 Å². The second kappa shape index (κ2) is 5.90. The van der Waals surface area contributed by atoms with Crippen LogP contribution in [0.2, 0.25) is 0 Å². The molecule has 1 atom stereocenters. The maximum absolute atomic E-state index is 12.1. The highest BCUT2D eigenvalue weighted by atomic mass is 32.2. The van der Waals surface area contributed by atoms with Crippen LogP contribution in [0.3, 0.4) is 0 Å². The summed E-state index contributed by atoms with van der Waals surface area (Å²) < 4.78 is 35.4. The maximum atomic E-state index is 12.1. The molecule has 0 saturated carbocycles. The summed E-state index contributed by atoms with van der Waals surface area (Å²) in [5.41, 5.74) is 1.76. The minimum absolute atomic E-state index is 0.109. The van der Waals surface area contributed by atoms with Gasteiger partial charge in [0.25, 0.3) is 5.89 Å². The Morgan fingerprint density at radius 3 is 2.79 bits per heavy atom. The summed E-state index contributed by atoms with van der Waals surface area (Å²) in [6.45, 7) is 3.37. The van der Waals surface area contributed by atoms with Crippen LogP contribution < -0.4 is 4.31 Å². The lowest BCUT2D eigenvalue weighted by Gasteiger charge is -2.21. The van der Waals surface area contributed by atoms with Crippen molar-refractivity contribution in [3.63, 3.8) is 0 Å². The molecule has 9 heteroatoms. The van der Waals surface area contributed by atoms with E-state index >= 15 is 0 Å². The van der Waals surface area contributed by atoms with Crippen molar-refractivity contribution in [3.8, 4) is 0 Å². The maximum Gasteiger partial charge on any atom is 0.338 e. The van der Waals surface area contributed by atoms with Crippen LogP contribution in [0.4, 0.5) is 5.69 Å². The fourth-order valence-corrected chi connectivity index (χ4v) is 4.11. The minimum Gasteiger partial charge on any atom is -0.452 e. The number of hydrogen-bond donors (Lipinski definition) is 0. The van der Waals surface area contributed by atoms with Crippen LogP contribution in [0.1, 0.15) is 34.6 Å². The average Bonchev–Trinajstić information content (AvgIpc) is 3.05. The van der Waals surface area contributed by atoms with Crippen LogP contribution in [0, 0.1) is 6.92 Å². The summed E-state index contributed by atoms with van der Waals surface area (Å²) in [7, 11) is -3.35. The van der Waals surface area contributed by atoms with Crippen LogP contribution in [-0.4, -0.2) is 36.9 Å². The first-order valence-corrected chi connectivity index (χ1v) is 9.19. The molecule has 1 aliphatic heterocycles. The summed E-state index contributed by atoms with van der Waals surface area (Å²) in [6.07, 6.45) is 1.72. The van der Waals surface area contributed by atoms with Gasteiger partial charge in [-0.25, -0.2) is 13.2 Å². The monoisotopic (exact) mass is 351 g/mol. The Hall–Kier alpha value is -2.42. The van der Waals surface area contributed by atoms with Crippen LogP contribution in [0.5, 0.6) is 0 Å². The zero-order valence-corrected chi connectivity index (χ0v) is 14.3. The Kier molecular flexibility index (Phi) is 4.04. The van der Waals surface area contributed by atoms with E-state index in [0.29, 0.717) is 23.6 Å². The zero-order valence-electron chi connectivity index (χ0n) is 13.5. The molecule has 2 heterocycles. The molecular formula is C15H17N3O5S. The molecule has 0 aliphatic carbocycles. The molecule has 0 fully saturated rings. The topological polar surface area (TPSA) is 103 Å². The third-order valence-corrected chi connectivity index (χ3v) is 4.99. The highest BCUT2D eigenvalue weighted by Crippen LogP contribution is 2.34. The van der Waals surface area contributed by atoms with Gasteiger partial charge in [0.2, 0.25) is 15.9 Å². The van der Waals surface area contributed by atoms with Crippen LogP contribution in [-0.2, 0) is 27.8 Å². The molecule has 8 nitrogen and oxygen atoms in total. The van der Waals surface area contributed by atoms with Crippen molar-refractivity contribution < 1.29 is 22.4 Å². The number of aromatic nitrogens is 2. The molecule has 1 aromatic carbocycles. The van der Waals surface area contributed by atoms with Gasteiger partial charge in [-0.05, 0) is 37.1 Å². The van der Waals surface area contributed by atoms with Gasteiger partial charge in [0, 0.05) is 13.0 Å². The van der Waals surface area contributed by atoms with Gasteiger partial charge in [0.05, 0.1) is 17.5 Å². The predicted molar refractivity (Wildman–Crippen MR) is 85.1 cm³/mol. The number of aryl methyl sites for hydroxylation is 1. The van der Waals surface area contributed by atoms with Gasteiger partial charge in [0.15, 0.2) is 6.61 Å². The zero-order chi connectivity index (χ0) is 17.5. The number of rotatable bonds is 4. The van der Waals surface area contributed by atoms with E-state index in [0.717, 1.165) is 5.56 Å². The lowest BCUT2D eigenvalue weighted by atomic mass is 10.1. The number of anilines is 1. The van der Waals surface area contributed by atoms with Gasteiger partial charge in [-0.1, -0.05) is 0 Å². The van der Waals surface area contributed by atoms with Crippen LogP contribution >= 0.6 is 0 Å². The number of nitrogens with zero attached hydrogens (tertiary/aromatic N) is 3. The van der Waals surface area contributed by atoms with Gasteiger partial charge >= 0.3 is 5.97 Å². The first kappa shape index (κ1) is 16.4. The van der Waals surface area contributed by atoms with E-state index in [9.17, 15) is 13.2 Å². The van der Waals surface area contributed by atoms with Crippen molar-refractivity contribution in [2.45, 2.75) is 32.9 Å². The largest absolute Gasteiger partial charge is 0.452 e. The first-order chi connectivity index (χ1) is 11.3. The van der Waals surface area contributed by atoms with Crippen molar-refractivity contribution in [2.24, 2.45) is 0 Å². The summed E-state index contributed by atoms with van der Waals surface area (Å²) >= 11 is 0. The number of carbonyl (C=O) groups is 1. The minimum atomic E-state index is -3.35. The highest BCUT2D eigenvalue weighted by molar-refractivity contribution is 7.92. The molecule has 1 aromatic heterocycles. The normalized spacial score (nSPS) is 17.0. The molecule has 1 aliphatic rings. The number of fused-ring (bicyclic) bond motifs is 1. The second-order valence-electron chi connectivity index (χ2n) is 5.75. The summed E-state index contributed by atoms with van der Waals surface area (Å²) in [4.78, 5) is 12.1. The molecule has 0 spiro atoms. The third kappa shape index (κ3) is 3.12. The average molecular weight is 351 g/mol. The molecule has 24 heavy (non-hydrogen) atoms. The molecule has 3 rings (SSSR count). The van der Waals surface area contributed by atoms with E-state index in [-0.39, 0.29) is 18.5 Å². The third-order valence-electron chi connectivity index (χ3n) is 3.72.